The van der Waals surface area contributed by atoms with E-state index in [1.807, 2.05) is 0 Å². The van der Waals surface area contributed by atoms with E-state index in [-0.39, 0.29) is 24.3 Å². The van der Waals surface area contributed by atoms with Gasteiger partial charge in [0, 0.05) is 0 Å². The second-order valence-corrected chi connectivity index (χ2v) is 6.86. The molecular formula is C19H19F3N2O4. The Morgan fingerprint density at radius 1 is 1.21 bits per heavy atom. The van der Waals surface area contributed by atoms with E-state index in [0.29, 0.717) is 5.56 Å². The van der Waals surface area contributed by atoms with Gasteiger partial charge in [-0.15, -0.1) is 0 Å². The molecule has 6 nitrogen and oxygen atoms in total. The van der Waals surface area contributed by atoms with Crippen molar-refractivity contribution in [3.63, 3.8) is 0 Å². The van der Waals surface area contributed by atoms with Crippen molar-refractivity contribution in [3.05, 3.63) is 58.9 Å². The molecule has 1 fully saturated rings. The van der Waals surface area contributed by atoms with Crippen LogP contribution in [0.2, 0.25) is 0 Å². The number of benzene rings is 2. The molecule has 0 spiro atoms. The Morgan fingerprint density at radius 3 is 2.50 bits per heavy atom. The third-order valence-corrected chi connectivity index (χ3v) is 4.72. The van der Waals surface area contributed by atoms with Gasteiger partial charge in [0.25, 0.3) is 5.91 Å². The molecular weight excluding hydrogens is 377 g/mol. The number of likely N-dealkylation sites (tertiary alicyclic amines) is 1. The van der Waals surface area contributed by atoms with Crippen molar-refractivity contribution in [2.75, 3.05) is 25.0 Å². The molecule has 1 saturated heterocycles. The largest absolute Gasteiger partial charge is 0.394 e. The number of carbonyl (C=O) groups excluding carboxylic acids is 1. The van der Waals surface area contributed by atoms with Crippen LogP contribution >= 0.6 is 0 Å². The van der Waals surface area contributed by atoms with E-state index in [1.54, 1.807) is 13.0 Å². The molecule has 0 saturated carbocycles. The van der Waals surface area contributed by atoms with Crippen molar-refractivity contribution in [1.82, 2.24) is 4.90 Å². The summed E-state index contributed by atoms with van der Waals surface area (Å²) in [7, 11) is 0. The Kier molecular flexibility index (Phi) is 5.33. The number of nitrogens with one attached hydrogen (secondary N) is 1. The van der Waals surface area contributed by atoms with Crippen LogP contribution in [0.25, 0.3) is 0 Å². The molecule has 0 aromatic heterocycles. The summed E-state index contributed by atoms with van der Waals surface area (Å²) in [6, 6.07) is 5.93. The third-order valence-electron chi connectivity index (χ3n) is 4.72. The van der Waals surface area contributed by atoms with E-state index in [9.17, 15) is 28.2 Å². The van der Waals surface area contributed by atoms with Gasteiger partial charge in [0.1, 0.15) is 17.5 Å². The zero-order chi connectivity index (χ0) is 20.6. The smallest absolute Gasteiger partial charge is 0.256 e. The number of hydrogen-bond acceptors (Lipinski definition) is 5. The van der Waals surface area contributed by atoms with Crippen molar-refractivity contribution in [1.29, 1.82) is 0 Å². The van der Waals surface area contributed by atoms with E-state index < -0.39 is 47.4 Å². The predicted octanol–water partition coefficient (Wildman–Crippen LogP) is 1.70. The molecule has 1 atom stereocenters. The van der Waals surface area contributed by atoms with Crippen molar-refractivity contribution >= 4 is 17.3 Å². The highest BCUT2D eigenvalue weighted by molar-refractivity contribution is 6.01. The van der Waals surface area contributed by atoms with Gasteiger partial charge in [-0.1, -0.05) is 6.07 Å². The van der Waals surface area contributed by atoms with Gasteiger partial charge >= 0.3 is 0 Å². The number of nitrogens with zero attached hydrogens (tertiary/aromatic N) is 1. The minimum absolute atomic E-state index is 0.139. The van der Waals surface area contributed by atoms with Crippen LogP contribution in [0.15, 0.2) is 30.3 Å². The lowest BCUT2D eigenvalue weighted by Crippen LogP contribution is -2.69. The van der Waals surface area contributed by atoms with Crippen LogP contribution in [0.4, 0.5) is 24.5 Å². The monoisotopic (exact) mass is 396 g/mol. The highest BCUT2D eigenvalue weighted by atomic mass is 19.2. The molecule has 9 heteroatoms. The maximum Gasteiger partial charge on any atom is 0.256 e. The molecule has 3 rings (SSSR count). The van der Waals surface area contributed by atoms with E-state index in [2.05, 4.69) is 5.32 Å². The average molecular weight is 396 g/mol. The molecule has 1 aliphatic rings. The second-order valence-electron chi connectivity index (χ2n) is 6.86. The number of β-amino-alcohol motifs (C(OH)–C–C–N with tert-alkyl or cyclic N) is 1. The van der Waals surface area contributed by atoms with Gasteiger partial charge < -0.3 is 25.5 Å². The van der Waals surface area contributed by atoms with Crippen LogP contribution in [0.5, 0.6) is 0 Å². The van der Waals surface area contributed by atoms with Gasteiger partial charge in [-0.05, 0) is 36.8 Å². The summed E-state index contributed by atoms with van der Waals surface area (Å²) >= 11 is 0. The van der Waals surface area contributed by atoms with Crippen LogP contribution in [0, 0.1) is 24.4 Å². The number of amides is 1. The zero-order valence-corrected chi connectivity index (χ0v) is 14.9. The maximum atomic E-state index is 14.4. The topological polar surface area (TPSA) is 93.0 Å². The Balaban J connectivity index is 1.90. The summed E-state index contributed by atoms with van der Waals surface area (Å²) < 4.78 is 42.2. The standard InChI is InChI=1S/C19H19F3N2O4/c1-10-2-5-14(13(21)6-10)23-17-11(3-4-12(20)16(17)22)18(27)24-8-19(28,9-24)15(26)7-25/h2-6,15,23,25-26,28H,7-9H2,1H3. The SMILES string of the molecule is Cc1ccc(Nc2c(C(=O)N3CC(O)(C(O)CO)C3)ccc(F)c2F)c(F)c1. The van der Waals surface area contributed by atoms with Gasteiger partial charge in [-0.2, -0.15) is 0 Å². The summed E-state index contributed by atoms with van der Waals surface area (Å²) in [5.41, 5.74) is -1.99. The number of aliphatic hydroxyl groups excluding tert-OH is 2. The highest BCUT2D eigenvalue weighted by Gasteiger charge is 2.49. The molecule has 2 aromatic carbocycles. The Labute approximate surface area is 158 Å². The maximum absolute atomic E-state index is 14.4. The van der Waals surface area contributed by atoms with Gasteiger partial charge in [0.05, 0.1) is 36.6 Å². The molecule has 28 heavy (non-hydrogen) atoms. The number of anilines is 2. The molecule has 1 unspecified atom stereocenters. The minimum Gasteiger partial charge on any atom is -0.394 e. The lowest BCUT2D eigenvalue weighted by Gasteiger charge is -2.48. The van der Waals surface area contributed by atoms with Gasteiger partial charge in [0.15, 0.2) is 11.6 Å². The molecule has 1 heterocycles. The van der Waals surface area contributed by atoms with E-state index in [0.717, 1.165) is 17.0 Å². The molecule has 0 aliphatic carbocycles. The average Bonchev–Trinajstić information content (AvgIpc) is 2.63. The highest BCUT2D eigenvalue weighted by Crippen LogP contribution is 2.32. The first kappa shape index (κ1) is 20.1. The summed E-state index contributed by atoms with van der Waals surface area (Å²) in [5.74, 6) is -4.02. The number of halogens is 3. The molecule has 0 bridgehead atoms. The first-order valence-electron chi connectivity index (χ1n) is 8.48. The summed E-state index contributed by atoms with van der Waals surface area (Å²) in [5, 5.41) is 31.1. The van der Waals surface area contributed by atoms with E-state index in [1.165, 1.54) is 12.1 Å². The molecule has 1 aliphatic heterocycles. The van der Waals surface area contributed by atoms with E-state index in [4.69, 9.17) is 5.11 Å². The van der Waals surface area contributed by atoms with Gasteiger partial charge in [0.2, 0.25) is 0 Å². The summed E-state index contributed by atoms with van der Waals surface area (Å²) in [4.78, 5) is 13.8. The molecule has 1 amide bonds. The third kappa shape index (κ3) is 3.56. The molecule has 4 N–H and O–H groups in total. The number of hydrogen-bond donors (Lipinski definition) is 4. The second kappa shape index (κ2) is 7.42. The normalized spacial score (nSPS) is 16.5. The van der Waals surface area contributed by atoms with E-state index >= 15 is 0 Å². The number of rotatable bonds is 5. The first-order chi connectivity index (χ1) is 13.2. The van der Waals surface area contributed by atoms with Crippen LogP contribution in [-0.4, -0.2) is 57.5 Å². The van der Waals surface area contributed by atoms with Crippen LogP contribution in [-0.2, 0) is 0 Å². The zero-order valence-electron chi connectivity index (χ0n) is 14.9. The van der Waals surface area contributed by atoms with Crippen LogP contribution < -0.4 is 5.32 Å². The Morgan fingerprint density at radius 2 is 1.89 bits per heavy atom. The molecule has 150 valence electrons. The van der Waals surface area contributed by atoms with Crippen molar-refractivity contribution in [2.45, 2.75) is 18.6 Å². The lowest BCUT2D eigenvalue weighted by atomic mass is 9.87. The fourth-order valence-electron chi connectivity index (χ4n) is 3.02. The molecule has 2 aromatic rings. The van der Waals surface area contributed by atoms with Gasteiger partial charge in [-0.25, -0.2) is 13.2 Å². The van der Waals surface area contributed by atoms with Crippen molar-refractivity contribution < 1.29 is 33.3 Å². The quantitative estimate of drug-likeness (QED) is 0.617. The Bertz CT molecular complexity index is 916. The van der Waals surface area contributed by atoms with Crippen LogP contribution in [0.3, 0.4) is 0 Å². The number of carbonyl (C=O) groups is 1. The molecule has 0 radical (unpaired) electrons. The van der Waals surface area contributed by atoms with Crippen LogP contribution in [0.1, 0.15) is 15.9 Å². The number of aryl methyl sites for hydroxylation is 1. The van der Waals surface area contributed by atoms with Crippen molar-refractivity contribution in [2.24, 2.45) is 0 Å². The first-order valence-corrected chi connectivity index (χ1v) is 8.48. The minimum atomic E-state index is -1.68. The predicted molar refractivity (Wildman–Crippen MR) is 94.7 cm³/mol. The Hall–Kier alpha value is -2.62. The summed E-state index contributed by atoms with van der Waals surface area (Å²) in [6.07, 6.45) is -1.44. The van der Waals surface area contributed by atoms with Gasteiger partial charge in [-0.3, -0.25) is 4.79 Å². The summed E-state index contributed by atoms with van der Waals surface area (Å²) in [6.45, 7) is 0.370. The van der Waals surface area contributed by atoms with Crippen molar-refractivity contribution in [3.8, 4) is 0 Å². The fraction of sp³-hybridized carbons (Fsp3) is 0.316. The lowest BCUT2D eigenvalue weighted by molar-refractivity contribution is -0.161. The fourth-order valence-corrected chi connectivity index (χ4v) is 3.02. The number of aliphatic hydroxyl groups is 3.